The minimum atomic E-state index is -4.67. The molecule has 33 heavy (non-hydrogen) atoms. The van der Waals surface area contributed by atoms with Gasteiger partial charge in [0.25, 0.3) is 0 Å². The molecule has 4 aliphatic rings. The number of benzene rings is 2. The van der Waals surface area contributed by atoms with E-state index in [1.807, 2.05) is 4.90 Å². The number of carbonyl (C=O) groups excluding carboxylic acids is 3. The lowest BCUT2D eigenvalue weighted by atomic mass is 9.75. The van der Waals surface area contributed by atoms with Crippen LogP contribution in [0.1, 0.15) is 24.0 Å². The monoisotopic (exact) mass is 475 g/mol. The van der Waals surface area contributed by atoms with Crippen molar-refractivity contribution in [3.8, 4) is 0 Å². The maximum absolute atomic E-state index is 13.8. The summed E-state index contributed by atoms with van der Waals surface area (Å²) in [6.07, 6.45) is -3.31. The van der Waals surface area contributed by atoms with E-state index in [1.54, 1.807) is 24.3 Å². The number of hydrogen-bond donors (Lipinski definition) is 1. The van der Waals surface area contributed by atoms with Crippen molar-refractivity contribution < 1.29 is 27.6 Å². The molecular weight excluding hydrogens is 459 g/mol. The van der Waals surface area contributed by atoms with Crippen LogP contribution in [0.15, 0.2) is 42.5 Å². The standard InChI is InChI=1S/C23H17ClF3N3O3/c24-13-8-7-11(23(25,26)27)10-16(13)30-19(31)17-15-6-3-9-29(15)22(18(17)20(30)32)12-4-1-2-5-14(12)28-21(22)33/h1-2,4-5,7-8,10,15,17-18H,3,6,9H2,(H,28,33). The summed E-state index contributed by atoms with van der Waals surface area (Å²) in [5.41, 5.74) is -1.50. The van der Waals surface area contributed by atoms with Gasteiger partial charge in [0.15, 0.2) is 0 Å². The number of imide groups is 1. The molecule has 3 fully saturated rings. The molecule has 170 valence electrons. The second kappa shape index (κ2) is 6.57. The summed E-state index contributed by atoms with van der Waals surface area (Å²) in [7, 11) is 0. The van der Waals surface area contributed by atoms with Gasteiger partial charge in [-0.15, -0.1) is 0 Å². The Morgan fingerprint density at radius 1 is 1.06 bits per heavy atom. The van der Waals surface area contributed by atoms with Gasteiger partial charge in [0.05, 0.1) is 28.1 Å². The predicted molar refractivity (Wildman–Crippen MR) is 112 cm³/mol. The van der Waals surface area contributed by atoms with E-state index in [4.69, 9.17) is 11.6 Å². The second-order valence-corrected chi connectivity index (χ2v) is 9.26. The van der Waals surface area contributed by atoms with Gasteiger partial charge in [0, 0.05) is 17.3 Å². The highest BCUT2D eigenvalue weighted by Gasteiger charge is 2.74. The maximum atomic E-state index is 13.8. The van der Waals surface area contributed by atoms with Crippen LogP contribution < -0.4 is 10.2 Å². The molecule has 3 amide bonds. The van der Waals surface area contributed by atoms with Gasteiger partial charge in [0.2, 0.25) is 17.7 Å². The van der Waals surface area contributed by atoms with Gasteiger partial charge in [-0.3, -0.25) is 19.3 Å². The van der Waals surface area contributed by atoms with Gasteiger partial charge < -0.3 is 5.32 Å². The number of carbonyl (C=O) groups is 3. The zero-order chi connectivity index (χ0) is 23.3. The molecule has 6 nitrogen and oxygen atoms in total. The van der Waals surface area contributed by atoms with E-state index < -0.39 is 40.9 Å². The van der Waals surface area contributed by atoms with Gasteiger partial charge in [-0.2, -0.15) is 13.2 Å². The first-order chi connectivity index (χ1) is 15.7. The molecule has 0 aromatic heterocycles. The molecule has 1 N–H and O–H groups in total. The topological polar surface area (TPSA) is 69.7 Å². The zero-order valence-electron chi connectivity index (χ0n) is 17.0. The molecule has 3 saturated heterocycles. The molecule has 4 unspecified atom stereocenters. The van der Waals surface area contributed by atoms with Crippen LogP contribution in [0.4, 0.5) is 24.5 Å². The van der Waals surface area contributed by atoms with Crippen molar-refractivity contribution in [2.24, 2.45) is 11.8 Å². The molecule has 0 aliphatic carbocycles. The summed E-state index contributed by atoms with van der Waals surface area (Å²) < 4.78 is 40.1. The normalized spacial score (nSPS) is 30.7. The summed E-state index contributed by atoms with van der Waals surface area (Å²) >= 11 is 6.18. The Labute approximate surface area is 191 Å². The van der Waals surface area contributed by atoms with Crippen LogP contribution in [-0.4, -0.2) is 35.2 Å². The van der Waals surface area contributed by atoms with E-state index in [-0.39, 0.29) is 22.7 Å². The highest BCUT2D eigenvalue weighted by Crippen LogP contribution is 2.60. The largest absolute Gasteiger partial charge is 0.416 e. The fourth-order valence-corrected chi connectivity index (χ4v) is 6.46. The molecule has 4 heterocycles. The van der Waals surface area contributed by atoms with Crippen molar-refractivity contribution in [3.63, 3.8) is 0 Å². The number of alkyl halides is 3. The first-order valence-electron chi connectivity index (χ1n) is 10.6. The van der Waals surface area contributed by atoms with Gasteiger partial charge in [-0.1, -0.05) is 29.8 Å². The van der Waals surface area contributed by atoms with Crippen molar-refractivity contribution in [3.05, 3.63) is 58.6 Å². The molecule has 4 aliphatic heterocycles. The molecule has 0 radical (unpaired) electrons. The van der Waals surface area contributed by atoms with Crippen LogP contribution in [0.2, 0.25) is 5.02 Å². The van der Waals surface area contributed by atoms with E-state index in [2.05, 4.69) is 5.32 Å². The number of nitrogens with zero attached hydrogens (tertiary/aromatic N) is 2. The van der Waals surface area contributed by atoms with E-state index in [9.17, 15) is 27.6 Å². The third-order valence-electron chi connectivity index (χ3n) is 7.41. The minimum absolute atomic E-state index is 0.140. The number of nitrogens with one attached hydrogen (secondary N) is 1. The summed E-state index contributed by atoms with van der Waals surface area (Å²) in [6.45, 7) is 0.546. The first kappa shape index (κ1) is 20.7. The maximum Gasteiger partial charge on any atom is 0.416 e. The van der Waals surface area contributed by atoms with E-state index in [1.165, 1.54) is 0 Å². The minimum Gasteiger partial charge on any atom is -0.324 e. The Hall–Kier alpha value is -2.91. The summed E-state index contributed by atoms with van der Waals surface area (Å²) in [5, 5.41) is 2.71. The van der Waals surface area contributed by atoms with Crippen LogP contribution in [0.25, 0.3) is 0 Å². The first-order valence-corrected chi connectivity index (χ1v) is 11.0. The lowest BCUT2D eigenvalue weighted by Gasteiger charge is -2.36. The van der Waals surface area contributed by atoms with E-state index >= 15 is 0 Å². The SMILES string of the molecule is O=C1C2C3CCCN3C3(C(=O)Nc4ccccc43)C2C(=O)N1c1cc(C(F)(F)F)ccc1Cl. The molecule has 10 heteroatoms. The highest BCUT2D eigenvalue weighted by atomic mass is 35.5. The smallest absolute Gasteiger partial charge is 0.324 e. The quantitative estimate of drug-likeness (QED) is 0.637. The average Bonchev–Trinajstić information content (AvgIpc) is 3.46. The predicted octanol–water partition coefficient (Wildman–Crippen LogP) is 3.79. The van der Waals surface area contributed by atoms with Crippen LogP contribution >= 0.6 is 11.6 Å². The molecule has 4 atom stereocenters. The zero-order valence-corrected chi connectivity index (χ0v) is 17.8. The summed E-state index contributed by atoms with van der Waals surface area (Å²) in [6, 6.07) is 9.23. The van der Waals surface area contributed by atoms with Crippen LogP contribution in [0, 0.1) is 11.8 Å². The molecule has 1 spiro atoms. The molecule has 2 aromatic carbocycles. The molecule has 0 saturated carbocycles. The van der Waals surface area contributed by atoms with E-state index in [0.29, 0.717) is 24.2 Å². The number of para-hydroxylation sites is 1. The van der Waals surface area contributed by atoms with Gasteiger partial charge >= 0.3 is 6.18 Å². The Bertz CT molecular complexity index is 1250. The molecule has 6 rings (SSSR count). The van der Waals surface area contributed by atoms with E-state index in [0.717, 1.165) is 29.5 Å². The van der Waals surface area contributed by atoms with Crippen molar-refractivity contribution in [2.45, 2.75) is 30.6 Å². The number of rotatable bonds is 1. The fraction of sp³-hybridized carbons (Fsp3) is 0.348. The fourth-order valence-electron chi connectivity index (χ4n) is 6.26. The Kier molecular flexibility index (Phi) is 4.12. The Balaban J connectivity index is 1.54. The van der Waals surface area contributed by atoms with Crippen LogP contribution in [0.3, 0.4) is 0 Å². The number of hydrogen-bond acceptors (Lipinski definition) is 4. The molecular formula is C23H17ClF3N3O3. The molecule has 2 aromatic rings. The van der Waals surface area contributed by atoms with Crippen LogP contribution in [0.5, 0.6) is 0 Å². The average molecular weight is 476 g/mol. The Morgan fingerprint density at radius 3 is 2.58 bits per heavy atom. The number of anilines is 2. The number of amides is 3. The number of halogens is 4. The van der Waals surface area contributed by atoms with Gasteiger partial charge in [-0.25, -0.2) is 4.90 Å². The lowest BCUT2D eigenvalue weighted by molar-refractivity contribution is -0.137. The third kappa shape index (κ3) is 2.46. The van der Waals surface area contributed by atoms with Gasteiger partial charge in [-0.05, 0) is 43.7 Å². The highest BCUT2D eigenvalue weighted by molar-refractivity contribution is 6.36. The van der Waals surface area contributed by atoms with Crippen LogP contribution in [-0.2, 0) is 26.1 Å². The Morgan fingerprint density at radius 2 is 1.82 bits per heavy atom. The van der Waals surface area contributed by atoms with Crippen molar-refractivity contribution in [2.75, 3.05) is 16.8 Å². The number of fused-ring (bicyclic) bond motifs is 7. The van der Waals surface area contributed by atoms with Gasteiger partial charge in [0.1, 0.15) is 5.54 Å². The third-order valence-corrected chi connectivity index (χ3v) is 7.73. The van der Waals surface area contributed by atoms with Crippen molar-refractivity contribution in [1.29, 1.82) is 0 Å². The second-order valence-electron chi connectivity index (χ2n) is 8.85. The summed E-state index contributed by atoms with van der Waals surface area (Å²) in [4.78, 5) is 43.6. The lowest BCUT2D eigenvalue weighted by Crippen LogP contribution is -2.54. The summed E-state index contributed by atoms with van der Waals surface area (Å²) in [5.74, 6) is -3.60. The van der Waals surface area contributed by atoms with Crippen molar-refractivity contribution >= 4 is 40.7 Å². The van der Waals surface area contributed by atoms with Crippen molar-refractivity contribution in [1.82, 2.24) is 4.90 Å². The molecule has 0 bridgehead atoms.